The minimum absolute atomic E-state index is 0.625. The molecule has 1 N–H and O–H groups in total. The summed E-state index contributed by atoms with van der Waals surface area (Å²) in [5.41, 5.74) is 0. The predicted molar refractivity (Wildman–Crippen MR) is 78.6 cm³/mol. The molecule has 1 unspecified atom stereocenters. The summed E-state index contributed by atoms with van der Waals surface area (Å²) in [5, 5.41) is 3.61. The second kappa shape index (κ2) is 12.4. The molecule has 0 spiro atoms. The highest BCUT2D eigenvalue weighted by molar-refractivity contribution is 4.64. The predicted octanol–water partition coefficient (Wildman–Crippen LogP) is 3.67. The van der Waals surface area contributed by atoms with Gasteiger partial charge in [-0.3, -0.25) is 0 Å². The smallest absolute Gasteiger partial charge is 0.0166 e. The molecule has 0 amide bonds. The minimum atomic E-state index is 0.625. The summed E-state index contributed by atoms with van der Waals surface area (Å²) in [6, 6.07) is 0.625. The molecule has 0 aromatic heterocycles. The van der Waals surface area contributed by atoms with E-state index in [1.54, 1.807) is 0 Å². The number of nitrogens with one attached hydrogen (secondary N) is 1. The third-order valence-electron chi connectivity index (χ3n) is 3.40. The SMILES string of the molecule is CCCCCCCCCNC(C)CN(C)CC. The van der Waals surface area contributed by atoms with E-state index in [2.05, 4.69) is 38.0 Å². The molecule has 0 aromatic carbocycles. The van der Waals surface area contributed by atoms with Crippen LogP contribution in [0, 0.1) is 0 Å². The van der Waals surface area contributed by atoms with Crippen molar-refractivity contribution in [1.29, 1.82) is 0 Å². The molecule has 2 nitrogen and oxygen atoms in total. The molecule has 104 valence electrons. The zero-order valence-corrected chi connectivity index (χ0v) is 12.6. The van der Waals surface area contributed by atoms with Crippen molar-refractivity contribution in [2.24, 2.45) is 0 Å². The molecule has 1 atom stereocenters. The zero-order chi connectivity index (χ0) is 12.9. The number of unbranched alkanes of at least 4 members (excludes halogenated alkanes) is 6. The zero-order valence-electron chi connectivity index (χ0n) is 12.6. The Hall–Kier alpha value is -0.0800. The van der Waals surface area contributed by atoms with Crippen LogP contribution in [-0.4, -0.2) is 37.6 Å². The van der Waals surface area contributed by atoms with Crippen LogP contribution in [0.4, 0.5) is 0 Å². The fourth-order valence-electron chi connectivity index (χ4n) is 2.09. The number of likely N-dealkylation sites (N-methyl/N-ethyl adjacent to an activating group) is 1. The Balaban J connectivity index is 3.16. The van der Waals surface area contributed by atoms with Crippen molar-refractivity contribution in [1.82, 2.24) is 10.2 Å². The van der Waals surface area contributed by atoms with Crippen LogP contribution >= 0.6 is 0 Å². The van der Waals surface area contributed by atoms with Crippen molar-refractivity contribution in [2.45, 2.75) is 71.8 Å². The maximum absolute atomic E-state index is 3.61. The molecule has 0 aliphatic heterocycles. The van der Waals surface area contributed by atoms with E-state index in [1.165, 1.54) is 51.5 Å². The van der Waals surface area contributed by atoms with Gasteiger partial charge in [-0.05, 0) is 33.5 Å². The standard InChI is InChI=1S/C15H34N2/c1-5-7-8-9-10-11-12-13-16-15(3)14-17(4)6-2/h15-16H,5-14H2,1-4H3. The van der Waals surface area contributed by atoms with E-state index in [9.17, 15) is 0 Å². The number of rotatable bonds is 12. The molecule has 0 aromatic rings. The van der Waals surface area contributed by atoms with Gasteiger partial charge in [-0.1, -0.05) is 52.4 Å². The fraction of sp³-hybridized carbons (Fsp3) is 1.00. The summed E-state index contributed by atoms with van der Waals surface area (Å²) in [6.45, 7) is 10.3. The number of hydrogen-bond acceptors (Lipinski definition) is 2. The van der Waals surface area contributed by atoms with Crippen molar-refractivity contribution < 1.29 is 0 Å². The van der Waals surface area contributed by atoms with Crippen LogP contribution in [0.3, 0.4) is 0 Å². The van der Waals surface area contributed by atoms with E-state index >= 15 is 0 Å². The van der Waals surface area contributed by atoms with Crippen molar-refractivity contribution in [3.63, 3.8) is 0 Å². The largest absolute Gasteiger partial charge is 0.313 e. The maximum atomic E-state index is 3.61. The average molecular weight is 242 g/mol. The van der Waals surface area contributed by atoms with Crippen LogP contribution in [-0.2, 0) is 0 Å². The lowest BCUT2D eigenvalue weighted by molar-refractivity contribution is 0.309. The molecule has 0 fully saturated rings. The number of hydrogen-bond donors (Lipinski definition) is 1. The summed E-state index contributed by atoms with van der Waals surface area (Å²) in [7, 11) is 2.19. The lowest BCUT2D eigenvalue weighted by atomic mass is 10.1. The molecule has 17 heavy (non-hydrogen) atoms. The van der Waals surface area contributed by atoms with Gasteiger partial charge in [0.15, 0.2) is 0 Å². The average Bonchev–Trinajstić information content (AvgIpc) is 2.32. The highest BCUT2D eigenvalue weighted by Crippen LogP contribution is 2.06. The van der Waals surface area contributed by atoms with Gasteiger partial charge in [-0.25, -0.2) is 0 Å². The molecular weight excluding hydrogens is 208 g/mol. The highest BCUT2D eigenvalue weighted by atomic mass is 15.1. The summed E-state index contributed by atoms with van der Waals surface area (Å²) >= 11 is 0. The first-order valence-corrected chi connectivity index (χ1v) is 7.62. The minimum Gasteiger partial charge on any atom is -0.313 e. The van der Waals surface area contributed by atoms with E-state index in [0.29, 0.717) is 6.04 Å². The normalized spacial score (nSPS) is 13.2. The van der Waals surface area contributed by atoms with Crippen LogP contribution < -0.4 is 5.32 Å². The van der Waals surface area contributed by atoms with Crippen LogP contribution in [0.1, 0.15) is 65.7 Å². The molecule has 0 bridgehead atoms. The Morgan fingerprint density at radius 1 is 0.941 bits per heavy atom. The summed E-state index contributed by atoms with van der Waals surface area (Å²) in [6.07, 6.45) is 9.79. The van der Waals surface area contributed by atoms with Crippen LogP contribution in [0.5, 0.6) is 0 Å². The Bertz CT molecular complexity index is 148. The van der Waals surface area contributed by atoms with E-state index in [1.807, 2.05) is 0 Å². The second-order valence-electron chi connectivity index (χ2n) is 5.33. The third-order valence-corrected chi connectivity index (χ3v) is 3.40. The monoisotopic (exact) mass is 242 g/mol. The van der Waals surface area contributed by atoms with Gasteiger partial charge in [-0.15, -0.1) is 0 Å². The Kier molecular flexibility index (Phi) is 12.3. The van der Waals surface area contributed by atoms with Gasteiger partial charge in [0.25, 0.3) is 0 Å². The van der Waals surface area contributed by atoms with E-state index in [-0.39, 0.29) is 0 Å². The van der Waals surface area contributed by atoms with Crippen molar-refractivity contribution >= 4 is 0 Å². The summed E-state index contributed by atoms with van der Waals surface area (Å²) in [4.78, 5) is 2.36. The van der Waals surface area contributed by atoms with Crippen LogP contribution in [0.15, 0.2) is 0 Å². The van der Waals surface area contributed by atoms with Gasteiger partial charge >= 0.3 is 0 Å². The van der Waals surface area contributed by atoms with Crippen LogP contribution in [0.25, 0.3) is 0 Å². The van der Waals surface area contributed by atoms with Gasteiger partial charge < -0.3 is 10.2 Å². The molecular formula is C15H34N2. The van der Waals surface area contributed by atoms with Crippen molar-refractivity contribution in [3.05, 3.63) is 0 Å². The lowest BCUT2D eigenvalue weighted by Gasteiger charge is -2.20. The molecule has 0 aliphatic carbocycles. The second-order valence-corrected chi connectivity index (χ2v) is 5.33. The van der Waals surface area contributed by atoms with Gasteiger partial charge in [0.05, 0.1) is 0 Å². The first kappa shape index (κ1) is 16.9. The molecule has 0 saturated carbocycles. The van der Waals surface area contributed by atoms with Crippen molar-refractivity contribution in [2.75, 3.05) is 26.7 Å². The van der Waals surface area contributed by atoms with E-state index < -0.39 is 0 Å². The Morgan fingerprint density at radius 3 is 2.12 bits per heavy atom. The number of nitrogens with zero attached hydrogens (tertiary/aromatic N) is 1. The molecule has 0 aliphatic rings. The van der Waals surface area contributed by atoms with Gasteiger partial charge in [0, 0.05) is 12.6 Å². The third kappa shape index (κ3) is 12.2. The van der Waals surface area contributed by atoms with Crippen molar-refractivity contribution in [3.8, 4) is 0 Å². The van der Waals surface area contributed by atoms with E-state index in [4.69, 9.17) is 0 Å². The van der Waals surface area contributed by atoms with Gasteiger partial charge in [-0.2, -0.15) is 0 Å². The summed E-state index contributed by atoms with van der Waals surface area (Å²) in [5.74, 6) is 0. The molecule has 0 saturated heterocycles. The molecule has 0 radical (unpaired) electrons. The quantitative estimate of drug-likeness (QED) is 0.525. The van der Waals surface area contributed by atoms with Gasteiger partial charge in [0.2, 0.25) is 0 Å². The highest BCUT2D eigenvalue weighted by Gasteiger charge is 2.03. The Labute approximate surface area is 109 Å². The van der Waals surface area contributed by atoms with Gasteiger partial charge in [0.1, 0.15) is 0 Å². The van der Waals surface area contributed by atoms with E-state index in [0.717, 1.165) is 13.1 Å². The molecule has 0 rings (SSSR count). The lowest BCUT2D eigenvalue weighted by Crippen LogP contribution is -2.37. The fourth-order valence-corrected chi connectivity index (χ4v) is 2.09. The molecule has 2 heteroatoms. The maximum Gasteiger partial charge on any atom is 0.0166 e. The summed E-state index contributed by atoms with van der Waals surface area (Å²) < 4.78 is 0. The topological polar surface area (TPSA) is 15.3 Å². The Morgan fingerprint density at radius 2 is 1.53 bits per heavy atom. The van der Waals surface area contributed by atoms with Crippen LogP contribution in [0.2, 0.25) is 0 Å². The first-order valence-electron chi connectivity index (χ1n) is 7.62. The first-order chi connectivity index (χ1) is 8.20. The molecule has 0 heterocycles.